The summed E-state index contributed by atoms with van der Waals surface area (Å²) >= 11 is 0. The van der Waals surface area contributed by atoms with Crippen LogP contribution in [-0.4, -0.2) is 68.5 Å². The van der Waals surface area contributed by atoms with Crippen molar-refractivity contribution < 1.29 is 33.2 Å². The van der Waals surface area contributed by atoms with E-state index in [2.05, 4.69) is 19.7 Å². The number of hydrogen-bond donors (Lipinski definition) is 1. The highest BCUT2D eigenvalue weighted by molar-refractivity contribution is 7.33. The highest BCUT2D eigenvalue weighted by atomic mass is 31.1. The molecule has 0 bridgehead atoms. The lowest BCUT2D eigenvalue weighted by atomic mass is 10.1. The van der Waals surface area contributed by atoms with E-state index in [4.69, 9.17) is 24.5 Å². The van der Waals surface area contributed by atoms with E-state index in [1.54, 1.807) is 31.7 Å². The Labute approximate surface area is 211 Å². The summed E-state index contributed by atoms with van der Waals surface area (Å²) in [5, 5.41) is 0. The fraction of sp³-hybridized carbons (Fsp3) is 0.682. The molecule has 0 amide bonds. The van der Waals surface area contributed by atoms with Gasteiger partial charge in [0.2, 0.25) is 6.10 Å². The van der Waals surface area contributed by atoms with Crippen LogP contribution in [0.25, 0.3) is 11.2 Å². The van der Waals surface area contributed by atoms with Crippen molar-refractivity contribution in [1.29, 1.82) is 0 Å². The summed E-state index contributed by atoms with van der Waals surface area (Å²) < 4.78 is 27.2. The number of aromatic nitrogens is 4. The molecule has 2 rings (SSSR count). The minimum atomic E-state index is -2.77. The van der Waals surface area contributed by atoms with Crippen LogP contribution in [0.4, 0.5) is 5.82 Å². The van der Waals surface area contributed by atoms with Gasteiger partial charge >= 0.3 is 20.1 Å². The molecule has 0 aliphatic rings. The number of fused-ring (bicyclic) bond motifs is 1. The van der Waals surface area contributed by atoms with Gasteiger partial charge in [0.1, 0.15) is 11.8 Å². The van der Waals surface area contributed by atoms with Crippen LogP contribution in [0.2, 0.25) is 0 Å². The molecular formula is C22H35N6O7P. The largest absolute Gasteiger partial charge is 0.583 e. The van der Waals surface area contributed by atoms with Gasteiger partial charge in [-0.15, -0.1) is 4.52 Å². The molecule has 0 radical (unpaired) electrons. The minimum absolute atomic E-state index is 0.242. The molecule has 2 aromatic heterocycles. The van der Waals surface area contributed by atoms with Gasteiger partial charge in [0.15, 0.2) is 17.0 Å². The van der Waals surface area contributed by atoms with Crippen molar-refractivity contribution in [1.82, 2.24) is 19.5 Å². The van der Waals surface area contributed by atoms with Gasteiger partial charge in [0.05, 0.1) is 38.3 Å². The van der Waals surface area contributed by atoms with Crippen LogP contribution >= 0.6 is 8.17 Å². The third kappa shape index (κ3) is 8.74. The van der Waals surface area contributed by atoms with Gasteiger partial charge in [-0.3, -0.25) is 0 Å². The standard InChI is InChI=1S/C22H35N6O7P/c1-7-8-9-32-21(30)22(5,6)27-36(31)35-16(20(29)34-14(2)3)11-33-15(4)10-28-13-26-17-18(23)24-12-25-19(17)28/h12-16H,7-11H2,1-6H3,(H2,23,24,25). The third-order valence-corrected chi connectivity index (χ3v) is 5.91. The van der Waals surface area contributed by atoms with Gasteiger partial charge in [0, 0.05) is 0 Å². The van der Waals surface area contributed by atoms with Crippen LogP contribution in [0, 0.1) is 0 Å². The smallest absolute Gasteiger partial charge is 0.343 e. The number of anilines is 1. The highest BCUT2D eigenvalue weighted by Gasteiger charge is 2.35. The number of imidazole rings is 1. The van der Waals surface area contributed by atoms with Crippen molar-refractivity contribution in [2.45, 2.75) is 84.8 Å². The maximum Gasteiger partial charge on any atom is 0.343 e. The highest BCUT2D eigenvalue weighted by Crippen LogP contribution is 2.28. The first-order valence-corrected chi connectivity index (χ1v) is 12.8. The number of nitrogen functional groups attached to an aromatic ring is 1. The van der Waals surface area contributed by atoms with E-state index in [0.717, 1.165) is 6.42 Å². The Morgan fingerprint density at radius 2 is 1.97 bits per heavy atom. The summed E-state index contributed by atoms with van der Waals surface area (Å²) in [4.78, 5) is 49.8. The number of unbranched alkanes of at least 4 members (excludes halogenated alkanes) is 1. The maximum atomic E-state index is 12.6. The van der Waals surface area contributed by atoms with Gasteiger partial charge in [-0.1, -0.05) is 18.1 Å². The fourth-order valence-electron chi connectivity index (χ4n) is 2.93. The molecule has 3 atom stereocenters. The molecule has 0 fully saturated rings. The van der Waals surface area contributed by atoms with E-state index < -0.39 is 44.0 Å². The molecule has 200 valence electrons. The number of hydrogen-bond acceptors (Lipinski definition) is 12. The van der Waals surface area contributed by atoms with Gasteiger partial charge < -0.3 is 29.4 Å². The Hall–Kier alpha value is -2.73. The first kappa shape index (κ1) is 29.5. The van der Waals surface area contributed by atoms with Gasteiger partial charge in [-0.2, -0.15) is 0 Å². The van der Waals surface area contributed by atoms with Crippen molar-refractivity contribution >= 4 is 37.1 Å². The molecule has 0 saturated heterocycles. The molecule has 13 nitrogen and oxygen atoms in total. The topological polar surface area (TPSA) is 176 Å². The summed E-state index contributed by atoms with van der Waals surface area (Å²) in [7, 11) is -2.77. The lowest BCUT2D eigenvalue weighted by molar-refractivity contribution is -0.189. The quantitative estimate of drug-likeness (QED) is 0.217. The van der Waals surface area contributed by atoms with E-state index >= 15 is 0 Å². The molecular weight excluding hydrogens is 491 g/mol. The average molecular weight is 527 g/mol. The van der Waals surface area contributed by atoms with E-state index in [-0.39, 0.29) is 19.0 Å². The van der Waals surface area contributed by atoms with E-state index in [1.165, 1.54) is 20.2 Å². The minimum Gasteiger partial charge on any atom is -0.583 e. The van der Waals surface area contributed by atoms with Crippen LogP contribution in [0.15, 0.2) is 17.4 Å². The molecule has 2 aromatic rings. The number of carbonyl (C=O) groups is 2. The van der Waals surface area contributed by atoms with Crippen LogP contribution in [0.1, 0.15) is 54.4 Å². The Kier molecular flexibility index (Phi) is 11.1. The molecule has 2 N–H and O–H groups in total. The van der Waals surface area contributed by atoms with Crippen molar-refractivity contribution in [3.05, 3.63) is 12.7 Å². The summed E-state index contributed by atoms with van der Waals surface area (Å²) in [6.07, 6.45) is 2.30. The monoisotopic (exact) mass is 526 g/mol. The zero-order valence-electron chi connectivity index (χ0n) is 21.5. The molecule has 0 spiro atoms. The lowest BCUT2D eigenvalue weighted by Crippen LogP contribution is -2.35. The number of esters is 2. The van der Waals surface area contributed by atoms with Crippen LogP contribution in [0.3, 0.4) is 0 Å². The number of nitrogens with zero attached hydrogens (tertiary/aromatic N) is 5. The number of nitrogens with two attached hydrogens (primary N) is 1. The summed E-state index contributed by atoms with van der Waals surface area (Å²) in [5.41, 5.74) is 5.41. The van der Waals surface area contributed by atoms with Crippen LogP contribution in [-0.2, 0) is 34.9 Å². The Balaban J connectivity index is 2.06. The molecule has 0 aliphatic carbocycles. The van der Waals surface area contributed by atoms with Crippen LogP contribution < -0.4 is 10.6 Å². The van der Waals surface area contributed by atoms with Crippen molar-refractivity contribution in [2.24, 2.45) is 4.74 Å². The fourth-order valence-corrected chi connectivity index (χ4v) is 3.83. The normalized spacial score (nSPS) is 14.2. The van der Waals surface area contributed by atoms with Crippen molar-refractivity contribution in [3.63, 3.8) is 0 Å². The molecule has 2 heterocycles. The second-order valence-corrected chi connectivity index (χ2v) is 9.82. The predicted octanol–water partition coefficient (Wildman–Crippen LogP) is 2.13. The third-order valence-electron chi connectivity index (χ3n) is 4.81. The number of ether oxygens (including phenoxy) is 3. The maximum absolute atomic E-state index is 12.6. The molecule has 0 saturated carbocycles. The molecule has 0 aromatic carbocycles. The molecule has 36 heavy (non-hydrogen) atoms. The van der Waals surface area contributed by atoms with Gasteiger partial charge in [-0.05, 0) is 41.0 Å². The molecule has 14 heteroatoms. The summed E-state index contributed by atoms with van der Waals surface area (Å²) in [6.45, 7) is 10.3. The Morgan fingerprint density at radius 1 is 1.25 bits per heavy atom. The second kappa shape index (κ2) is 13.5. The zero-order chi connectivity index (χ0) is 26.9. The molecule has 0 aliphatic heterocycles. The Bertz CT molecular complexity index is 1060. The van der Waals surface area contributed by atoms with Crippen molar-refractivity contribution in [2.75, 3.05) is 18.9 Å². The van der Waals surface area contributed by atoms with Crippen LogP contribution in [0.5, 0.6) is 0 Å². The lowest BCUT2D eigenvalue weighted by Gasteiger charge is -2.19. The zero-order valence-corrected chi connectivity index (χ0v) is 22.4. The SMILES string of the molecule is CCCCOC(=O)C(C)(C)N=[P+]([O-])OC(COC(C)Cn1cnc2c(N)ncnc21)C(=O)OC(C)C. The first-order chi connectivity index (χ1) is 16.9. The predicted molar refractivity (Wildman–Crippen MR) is 131 cm³/mol. The van der Waals surface area contributed by atoms with Gasteiger partial charge in [0.25, 0.3) is 0 Å². The van der Waals surface area contributed by atoms with E-state index in [0.29, 0.717) is 24.1 Å². The van der Waals surface area contributed by atoms with Gasteiger partial charge in [-0.25, -0.2) is 24.5 Å². The number of carbonyl (C=O) groups excluding carboxylic acids is 2. The Morgan fingerprint density at radius 3 is 2.64 bits per heavy atom. The van der Waals surface area contributed by atoms with E-state index in [9.17, 15) is 14.5 Å². The average Bonchev–Trinajstić information content (AvgIpc) is 3.19. The first-order valence-electron chi connectivity index (χ1n) is 11.7. The van der Waals surface area contributed by atoms with Crippen molar-refractivity contribution in [3.8, 4) is 0 Å². The second-order valence-electron chi connectivity index (χ2n) is 8.94. The van der Waals surface area contributed by atoms with E-state index in [1.807, 2.05) is 6.92 Å². The summed E-state index contributed by atoms with van der Waals surface area (Å²) in [5.74, 6) is -1.12. The number of rotatable bonds is 14. The molecule has 3 unspecified atom stereocenters. The summed E-state index contributed by atoms with van der Waals surface area (Å²) in [6, 6.07) is 0.